The lowest BCUT2D eigenvalue weighted by Gasteiger charge is -2.15. The number of hydrogen-bond donors (Lipinski definition) is 3. The van der Waals surface area contributed by atoms with Gasteiger partial charge in [-0.3, -0.25) is 4.79 Å². The lowest BCUT2D eigenvalue weighted by Crippen LogP contribution is -2.35. The fourth-order valence-electron chi connectivity index (χ4n) is 2.32. The Bertz CT molecular complexity index is 748. The number of halogens is 1. The number of ether oxygens (including phenoxy) is 2. The van der Waals surface area contributed by atoms with Gasteiger partial charge in [-0.1, -0.05) is 26.5 Å². The van der Waals surface area contributed by atoms with Crippen molar-refractivity contribution in [2.45, 2.75) is 26.0 Å². The van der Waals surface area contributed by atoms with Crippen LogP contribution in [0.4, 0.5) is 5.69 Å². The molecule has 0 aliphatic rings. The van der Waals surface area contributed by atoms with Crippen molar-refractivity contribution < 1.29 is 19.4 Å². The number of hydrogen-bond acceptors (Lipinski definition) is 5. The molecule has 3 N–H and O–H groups in total. The van der Waals surface area contributed by atoms with Crippen molar-refractivity contribution in [3.63, 3.8) is 0 Å². The van der Waals surface area contributed by atoms with Crippen molar-refractivity contribution in [3.8, 4) is 11.5 Å². The number of carbonyl (C=O) groups excluding carboxylic acids is 1. The molecule has 0 saturated heterocycles. The van der Waals surface area contributed by atoms with Gasteiger partial charge in [-0.15, -0.1) is 12.4 Å². The molecular weight excluding hydrogens is 392 g/mol. The third-order valence-electron chi connectivity index (χ3n) is 3.80. The summed E-state index contributed by atoms with van der Waals surface area (Å²) in [6.07, 6.45) is 1.08. The Balaban J connectivity index is 0.00000420. The van der Waals surface area contributed by atoms with Crippen LogP contribution in [0.3, 0.4) is 0 Å². The number of nitrogens with one attached hydrogen (secondary N) is 2. The number of amides is 1. The third kappa shape index (κ3) is 9.00. The maximum absolute atomic E-state index is 12.3. The SMILES string of the molecule is C=CCOc1ccc(C(=O)Nc2ccc(OCC(O)CNC(C)C)cc2)cc1.Cl. The Morgan fingerprint density at radius 3 is 2.24 bits per heavy atom. The predicted molar refractivity (Wildman–Crippen MR) is 118 cm³/mol. The van der Waals surface area contributed by atoms with Crippen molar-refractivity contribution in [3.05, 3.63) is 66.7 Å². The van der Waals surface area contributed by atoms with E-state index < -0.39 is 6.10 Å². The second-order valence-corrected chi connectivity index (χ2v) is 6.63. The van der Waals surface area contributed by atoms with Crippen molar-refractivity contribution in [1.29, 1.82) is 0 Å². The van der Waals surface area contributed by atoms with Crippen LogP contribution in [0.2, 0.25) is 0 Å². The number of anilines is 1. The first kappa shape index (κ1) is 24.5. The standard InChI is InChI=1S/C22H28N2O4.ClH/c1-4-13-27-20-9-5-17(6-10-20)22(26)24-18-7-11-21(12-8-18)28-15-19(25)14-23-16(2)3;/h4-12,16,19,23,25H,1,13-15H2,2-3H3,(H,24,26);1H. The van der Waals surface area contributed by atoms with E-state index >= 15 is 0 Å². The number of rotatable bonds is 11. The van der Waals surface area contributed by atoms with Crippen LogP contribution in [0, 0.1) is 0 Å². The average Bonchev–Trinajstić information content (AvgIpc) is 2.70. The van der Waals surface area contributed by atoms with E-state index in [4.69, 9.17) is 9.47 Å². The molecule has 0 radical (unpaired) electrons. The maximum atomic E-state index is 12.3. The van der Waals surface area contributed by atoms with Crippen LogP contribution in [0.1, 0.15) is 24.2 Å². The second kappa shape index (κ2) is 12.8. The molecule has 0 aliphatic heterocycles. The van der Waals surface area contributed by atoms with E-state index in [-0.39, 0.29) is 24.9 Å². The van der Waals surface area contributed by atoms with Gasteiger partial charge in [0.05, 0.1) is 0 Å². The van der Waals surface area contributed by atoms with E-state index in [1.165, 1.54) is 0 Å². The summed E-state index contributed by atoms with van der Waals surface area (Å²) in [5, 5.41) is 15.9. The highest BCUT2D eigenvalue weighted by Crippen LogP contribution is 2.18. The summed E-state index contributed by atoms with van der Waals surface area (Å²) < 4.78 is 11.0. The van der Waals surface area contributed by atoms with E-state index in [0.717, 1.165) is 0 Å². The van der Waals surface area contributed by atoms with Gasteiger partial charge in [0, 0.05) is 23.8 Å². The summed E-state index contributed by atoms with van der Waals surface area (Å²) >= 11 is 0. The topological polar surface area (TPSA) is 79.8 Å². The summed E-state index contributed by atoms with van der Waals surface area (Å²) in [7, 11) is 0. The summed E-state index contributed by atoms with van der Waals surface area (Å²) in [4.78, 5) is 12.3. The maximum Gasteiger partial charge on any atom is 0.255 e. The molecule has 2 rings (SSSR count). The molecule has 0 spiro atoms. The number of aliphatic hydroxyl groups excluding tert-OH is 1. The Morgan fingerprint density at radius 2 is 1.66 bits per heavy atom. The molecule has 0 aromatic heterocycles. The van der Waals surface area contributed by atoms with E-state index in [1.54, 1.807) is 54.6 Å². The highest BCUT2D eigenvalue weighted by molar-refractivity contribution is 6.04. The normalized spacial score (nSPS) is 11.3. The van der Waals surface area contributed by atoms with E-state index in [9.17, 15) is 9.90 Å². The van der Waals surface area contributed by atoms with Gasteiger partial charge in [-0.2, -0.15) is 0 Å². The van der Waals surface area contributed by atoms with Crippen molar-refractivity contribution in [1.82, 2.24) is 5.32 Å². The van der Waals surface area contributed by atoms with Crippen molar-refractivity contribution in [2.24, 2.45) is 0 Å². The quantitative estimate of drug-likeness (QED) is 0.483. The fourth-order valence-corrected chi connectivity index (χ4v) is 2.32. The molecule has 0 aliphatic carbocycles. The van der Waals surface area contributed by atoms with Gasteiger partial charge in [0.25, 0.3) is 5.91 Å². The molecule has 7 heteroatoms. The van der Waals surface area contributed by atoms with Crippen molar-refractivity contribution >= 4 is 24.0 Å². The summed E-state index contributed by atoms with van der Waals surface area (Å²) in [5.41, 5.74) is 1.19. The monoisotopic (exact) mass is 420 g/mol. The fraction of sp³-hybridized carbons (Fsp3) is 0.318. The van der Waals surface area contributed by atoms with Gasteiger partial charge in [0.2, 0.25) is 0 Å². The minimum atomic E-state index is -0.583. The predicted octanol–water partition coefficient (Wildman–Crippen LogP) is 3.66. The Hall–Kier alpha value is -2.54. The first-order valence-corrected chi connectivity index (χ1v) is 9.27. The number of carbonyl (C=O) groups is 1. The van der Waals surface area contributed by atoms with Gasteiger partial charge in [-0.25, -0.2) is 0 Å². The molecule has 0 heterocycles. The summed E-state index contributed by atoms with van der Waals surface area (Å²) in [6, 6.07) is 14.2. The first-order valence-electron chi connectivity index (χ1n) is 9.27. The third-order valence-corrected chi connectivity index (χ3v) is 3.80. The van der Waals surface area contributed by atoms with E-state index in [0.29, 0.717) is 41.9 Å². The summed E-state index contributed by atoms with van der Waals surface area (Å²) in [5.74, 6) is 1.10. The molecule has 6 nitrogen and oxygen atoms in total. The highest BCUT2D eigenvalue weighted by Gasteiger charge is 2.08. The van der Waals surface area contributed by atoms with Crippen LogP contribution in [0.5, 0.6) is 11.5 Å². The number of aliphatic hydroxyl groups is 1. The van der Waals surface area contributed by atoms with Gasteiger partial charge in [-0.05, 0) is 48.5 Å². The first-order chi connectivity index (χ1) is 13.5. The van der Waals surface area contributed by atoms with Crippen LogP contribution < -0.4 is 20.1 Å². The highest BCUT2D eigenvalue weighted by atomic mass is 35.5. The molecule has 2 aromatic carbocycles. The molecule has 0 fully saturated rings. The zero-order valence-electron chi connectivity index (χ0n) is 16.8. The summed E-state index contributed by atoms with van der Waals surface area (Å²) in [6.45, 7) is 8.73. The second-order valence-electron chi connectivity index (χ2n) is 6.63. The Labute approximate surface area is 178 Å². The van der Waals surface area contributed by atoms with Crippen LogP contribution in [0.15, 0.2) is 61.2 Å². The lowest BCUT2D eigenvalue weighted by atomic mass is 10.2. The van der Waals surface area contributed by atoms with Gasteiger partial charge in [0.15, 0.2) is 0 Å². The van der Waals surface area contributed by atoms with Gasteiger partial charge in [0.1, 0.15) is 30.8 Å². The molecule has 158 valence electrons. The van der Waals surface area contributed by atoms with Crippen LogP contribution >= 0.6 is 12.4 Å². The Morgan fingerprint density at radius 1 is 1.07 bits per heavy atom. The smallest absolute Gasteiger partial charge is 0.255 e. The molecule has 0 saturated carbocycles. The lowest BCUT2D eigenvalue weighted by molar-refractivity contribution is 0.102. The molecule has 29 heavy (non-hydrogen) atoms. The molecule has 0 bridgehead atoms. The zero-order chi connectivity index (χ0) is 20.4. The minimum absolute atomic E-state index is 0. The van der Waals surface area contributed by atoms with Gasteiger partial charge < -0.3 is 25.2 Å². The molecular formula is C22H29ClN2O4. The number of benzene rings is 2. The zero-order valence-corrected chi connectivity index (χ0v) is 17.6. The van der Waals surface area contributed by atoms with Crippen LogP contribution in [0.25, 0.3) is 0 Å². The minimum Gasteiger partial charge on any atom is -0.491 e. The molecule has 1 unspecified atom stereocenters. The Kier molecular flexibility index (Phi) is 10.8. The van der Waals surface area contributed by atoms with Crippen molar-refractivity contribution in [2.75, 3.05) is 25.1 Å². The van der Waals surface area contributed by atoms with Crippen LogP contribution in [-0.2, 0) is 0 Å². The van der Waals surface area contributed by atoms with Gasteiger partial charge >= 0.3 is 0 Å². The van der Waals surface area contributed by atoms with Crippen LogP contribution in [-0.4, -0.2) is 42.9 Å². The molecule has 1 atom stereocenters. The molecule has 2 aromatic rings. The van der Waals surface area contributed by atoms with E-state index in [2.05, 4.69) is 17.2 Å². The molecule has 1 amide bonds. The average molecular weight is 421 g/mol. The van der Waals surface area contributed by atoms with E-state index in [1.807, 2.05) is 13.8 Å². The largest absolute Gasteiger partial charge is 0.491 e.